The molecule has 1 rings (SSSR count). The van der Waals surface area contributed by atoms with E-state index in [9.17, 15) is 4.79 Å². The van der Waals surface area contributed by atoms with Gasteiger partial charge in [0, 0.05) is 0 Å². The first kappa shape index (κ1) is 12.5. The fourth-order valence-corrected chi connectivity index (χ4v) is 1.23. The van der Waals surface area contributed by atoms with Crippen LogP contribution >= 0.6 is 0 Å². The Morgan fingerprint density at radius 1 is 1.44 bits per heavy atom. The molecule has 0 spiro atoms. The third-order valence-electron chi connectivity index (χ3n) is 2.10. The van der Waals surface area contributed by atoms with Crippen LogP contribution in [0.1, 0.15) is 13.3 Å². The topological polar surface area (TPSA) is 58.6 Å². The second-order valence-corrected chi connectivity index (χ2v) is 3.47. The number of carboxylic acid groups (broad SMARTS) is 1. The molecule has 0 fully saturated rings. The number of nitrogens with one attached hydrogen (secondary N) is 1. The minimum Gasteiger partial charge on any atom is -0.491 e. The Kier molecular flexibility index (Phi) is 5.36. The summed E-state index contributed by atoms with van der Waals surface area (Å²) in [4.78, 5) is 10.9. The minimum absolute atomic E-state index is 0.138. The summed E-state index contributed by atoms with van der Waals surface area (Å²) in [6.07, 6.45) is 0.898. The lowest BCUT2D eigenvalue weighted by atomic mass is 10.3. The highest BCUT2D eigenvalue weighted by Crippen LogP contribution is 2.08. The molecule has 1 aromatic carbocycles. The van der Waals surface area contributed by atoms with Crippen molar-refractivity contribution in [1.29, 1.82) is 0 Å². The van der Waals surface area contributed by atoms with Gasteiger partial charge in [-0.2, -0.15) is 0 Å². The third kappa shape index (κ3) is 4.31. The maximum Gasteiger partial charge on any atom is 0.324 e. The largest absolute Gasteiger partial charge is 0.491 e. The van der Waals surface area contributed by atoms with Gasteiger partial charge in [0.05, 0.1) is 0 Å². The monoisotopic (exact) mass is 223 g/mol. The Balaban J connectivity index is 2.41. The lowest BCUT2D eigenvalue weighted by Gasteiger charge is -2.14. The summed E-state index contributed by atoms with van der Waals surface area (Å²) >= 11 is 0. The van der Waals surface area contributed by atoms with E-state index in [0.717, 1.165) is 6.42 Å². The quantitative estimate of drug-likeness (QED) is 0.735. The normalized spacial score (nSPS) is 12.1. The molecule has 0 aliphatic carbocycles. The molecular weight excluding hydrogens is 206 g/mol. The van der Waals surface area contributed by atoms with Gasteiger partial charge in [0.15, 0.2) is 0 Å². The minimum atomic E-state index is -0.885. The van der Waals surface area contributed by atoms with Crippen molar-refractivity contribution in [3.05, 3.63) is 30.3 Å². The van der Waals surface area contributed by atoms with Crippen LogP contribution in [0.5, 0.6) is 5.75 Å². The Hall–Kier alpha value is -1.55. The van der Waals surface area contributed by atoms with Gasteiger partial charge in [-0.1, -0.05) is 25.1 Å². The highest BCUT2D eigenvalue weighted by Gasteiger charge is 2.16. The molecule has 0 aliphatic heterocycles. The number of aliphatic carboxylic acids is 1. The van der Waals surface area contributed by atoms with Crippen molar-refractivity contribution < 1.29 is 14.6 Å². The van der Waals surface area contributed by atoms with Crippen molar-refractivity contribution >= 4 is 5.97 Å². The standard InChI is InChI=1S/C12H17NO3/c1-2-8-13-11(12(14)15)9-16-10-6-4-3-5-7-10/h3-7,11,13H,2,8-9H2,1H3,(H,14,15). The fourth-order valence-electron chi connectivity index (χ4n) is 1.23. The Morgan fingerprint density at radius 3 is 2.69 bits per heavy atom. The molecule has 16 heavy (non-hydrogen) atoms. The molecule has 0 aliphatic rings. The summed E-state index contributed by atoms with van der Waals surface area (Å²) < 4.78 is 5.38. The molecule has 1 unspecified atom stereocenters. The van der Waals surface area contributed by atoms with E-state index in [-0.39, 0.29) is 6.61 Å². The summed E-state index contributed by atoms with van der Waals surface area (Å²) in [5, 5.41) is 11.8. The summed E-state index contributed by atoms with van der Waals surface area (Å²) in [6, 6.07) is 8.55. The first-order valence-electron chi connectivity index (χ1n) is 5.38. The van der Waals surface area contributed by atoms with Crippen LogP contribution in [-0.2, 0) is 4.79 Å². The van der Waals surface area contributed by atoms with E-state index in [1.165, 1.54) is 0 Å². The number of carboxylic acids is 1. The number of carbonyl (C=O) groups is 1. The average molecular weight is 223 g/mol. The van der Waals surface area contributed by atoms with E-state index in [2.05, 4.69) is 5.32 Å². The van der Waals surface area contributed by atoms with Gasteiger partial charge in [-0.15, -0.1) is 0 Å². The zero-order chi connectivity index (χ0) is 11.8. The van der Waals surface area contributed by atoms with Crippen LogP contribution < -0.4 is 10.1 Å². The fraction of sp³-hybridized carbons (Fsp3) is 0.417. The number of para-hydroxylation sites is 1. The van der Waals surface area contributed by atoms with E-state index in [1.54, 1.807) is 12.1 Å². The molecule has 88 valence electrons. The molecule has 0 saturated heterocycles. The number of benzene rings is 1. The lowest BCUT2D eigenvalue weighted by Crippen LogP contribution is -2.41. The zero-order valence-corrected chi connectivity index (χ0v) is 9.35. The smallest absolute Gasteiger partial charge is 0.324 e. The molecule has 1 aromatic rings. The first-order valence-corrected chi connectivity index (χ1v) is 5.38. The highest BCUT2D eigenvalue weighted by atomic mass is 16.5. The van der Waals surface area contributed by atoms with Crippen LogP contribution in [0.15, 0.2) is 30.3 Å². The van der Waals surface area contributed by atoms with E-state index in [4.69, 9.17) is 9.84 Å². The molecule has 4 nitrogen and oxygen atoms in total. The van der Waals surface area contributed by atoms with Crippen molar-refractivity contribution in [2.75, 3.05) is 13.2 Å². The van der Waals surface area contributed by atoms with E-state index < -0.39 is 12.0 Å². The van der Waals surface area contributed by atoms with Gasteiger partial charge in [-0.05, 0) is 25.1 Å². The summed E-state index contributed by atoms with van der Waals surface area (Å²) in [5.41, 5.74) is 0. The van der Waals surface area contributed by atoms with Gasteiger partial charge in [0.2, 0.25) is 0 Å². The Morgan fingerprint density at radius 2 is 2.12 bits per heavy atom. The van der Waals surface area contributed by atoms with Crippen LogP contribution in [0.3, 0.4) is 0 Å². The van der Waals surface area contributed by atoms with Gasteiger partial charge in [0.1, 0.15) is 18.4 Å². The summed E-state index contributed by atoms with van der Waals surface area (Å²) in [7, 11) is 0. The molecular formula is C12H17NO3. The van der Waals surface area contributed by atoms with Gasteiger partial charge in [-0.25, -0.2) is 0 Å². The van der Waals surface area contributed by atoms with Crippen LogP contribution in [0, 0.1) is 0 Å². The maximum atomic E-state index is 10.9. The third-order valence-corrected chi connectivity index (χ3v) is 2.10. The van der Waals surface area contributed by atoms with Crippen LogP contribution in [0.4, 0.5) is 0 Å². The highest BCUT2D eigenvalue weighted by molar-refractivity contribution is 5.73. The number of hydrogen-bond acceptors (Lipinski definition) is 3. The molecule has 2 N–H and O–H groups in total. The Labute approximate surface area is 95.2 Å². The van der Waals surface area contributed by atoms with Gasteiger partial charge < -0.3 is 15.2 Å². The van der Waals surface area contributed by atoms with E-state index >= 15 is 0 Å². The first-order chi connectivity index (χ1) is 7.74. The lowest BCUT2D eigenvalue weighted by molar-refractivity contribution is -0.140. The predicted molar refractivity (Wildman–Crippen MR) is 61.7 cm³/mol. The van der Waals surface area contributed by atoms with Gasteiger partial charge in [-0.3, -0.25) is 4.79 Å². The van der Waals surface area contributed by atoms with Crippen molar-refractivity contribution in [3.63, 3.8) is 0 Å². The Bertz CT molecular complexity index is 313. The van der Waals surface area contributed by atoms with E-state index in [0.29, 0.717) is 12.3 Å². The molecule has 0 heterocycles. The molecule has 0 radical (unpaired) electrons. The molecule has 0 bridgehead atoms. The number of rotatable bonds is 7. The molecule has 4 heteroatoms. The average Bonchev–Trinajstić information content (AvgIpc) is 2.30. The summed E-state index contributed by atoms with van der Waals surface area (Å²) in [6.45, 7) is 2.80. The van der Waals surface area contributed by atoms with Crippen molar-refractivity contribution in [3.8, 4) is 5.75 Å². The molecule has 0 aromatic heterocycles. The number of hydrogen-bond donors (Lipinski definition) is 2. The zero-order valence-electron chi connectivity index (χ0n) is 9.35. The second kappa shape index (κ2) is 6.85. The molecule has 1 atom stereocenters. The van der Waals surface area contributed by atoms with Crippen LogP contribution in [-0.4, -0.2) is 30.3 Å². The van der Waals surface area contributed by atoms with Crippen molar-refractivity contribution in [2.24, 2.45) is 0 Å². The molecule has 0 saturated carbocycles. The second-order valence-electron chi connectivity index (χ2n) is 3.47. The summed E-state index contributed by atoms with van der Waals surface area (Å²) in [5.74, 6) is -0.198. The SMILES string of the molecule is CCCNC(COc1ccccc1)C(=O)O. The predicted octanol–water partition coefficient (Wildman–Crippen LogP) is 1.52. The van der Waals surface area contributed by atoms with Crippen LogP contribution in [0.25, 0.3) is 0 Å². The van der Waals surface area contributed by atoms with Crippen molar-refractivity contribution in [1.82, 2.24) is 5.32 Å². The maximum absolute atomic E-state index is 10.9. The number of ether oxygens (including phenoxy) is 1. The van der Waals surface area contributed by atoms with E-state index in [1.807, 2.05) is 25.1 Å². The molecule has 0 amide bonds. The van der Waals surface area contributed by atoms with Gasteiger partial charge >= 0.3 is 5.97 Å². The van der Waals surface area contributed by atoms with Crippen LogP contribution in [0.2, 0.25) is 0 Å². The van der Waals surface area contributed by atoms with Gasteiger partial charge in [0.25, 0.3) is 0 Å². The van der Waals surface area contributed by atoms with Crippen molar-refractivity contribution in [2.45, 2.75) is 19.4 Å².